The molecule has 2 nitrogen and oxygen atoms in total. The Kier molecular flexibility index (Phi) is 2.60. The summed E-state index contributed by atoms with van der Waals surface area (Å²) in [5.74, 6) is 2.00. The number of fused-ring (bicyclic) bond motifs is 1. The summed E-state index contributed by atoms with van der Waals surface area (Å²) in [5.41, 5.74) is 7.52. The van der Waals surface area contributed by atoms with E-state index < -0.39 is 0 Å². The Morgan fingerprint density at radius 2 is 2.12 bits per heavy atom. The van der Waals surface area contributed by atoms with E-state index in [2.05, 4.69) is 12.1 Å². The van der Waals surface area contributed by atoms with E-state index in [0.717, 1.165) is 24.5 Å². The van der Waals surface area contributed by atoms with Crippen molar-refractivity contribution in [1.82, 2.24) is 0 Å². The minimum Gasteiger partial charge on any atom is -0.488 e. The van der Waals surface area contributed by atoms with Gasteiger partial charge in [-0.05, 0) is 30.4 Å². The second kappa shape index (κ2) is 4.10. The molecule has 86 valence electrons. The third-order valence-electron chi connectivity index (χ3n) is 3.75. The average molecular weight is 217 g/mol. The van der Waals surface area contributed by atoms with Gasteiger partial charge < -0.3 is 10.5 Å². The summed E-state index contributed by atoms with van der Waals surface area (Å²) in [6.45, 7) is 0. The fourth-order valence-electron chi connectivity index (χ4n) is 2.47. The van der Waals surface area contributed by atoms with Crippen molar-refractivity contribution < 1.29 is 4.74 Å². The predicted molar refractivity (Wildman–Crippen MR) is 64.5 cm³/mol. The highest BCUT2D eigenvalue weighted by Gasteiger charge is 2.29. The molecule has 2 unspecified atom stereocenters. The van der Waals surface area contributed by atoms with E-state index in [-0.39, 0.29) is 12.1 Å². The van der Waals surface area contributed by atoms with Gasteiger partial charge in [-0.3, -0.25) is 0 Å². The maximum Gasteiger partial charge on any atom is 0.123 e. The fourth-order valence-corrected chi connectivity index (χ4v) is 2.47. The van der Waals surface area contributed by atoms with Crippen LogP contribution in [0.1, 0.15) is 31.2 Å². The van der Waals surface area contributed by atoms with Crippen LogP contribution in [-0.4, -0.2) is 12.1 Å². The number of benzene rings is 1. The second-order valence-electron chi connectivity index (χ2n) is 5.15. The van der Waals surface area contributed by atoms with Crippen molar-refractivity contribution in [2.24, 2.45) is 11.7 Å². The van der Waals surface area contributed by atoms with Crippen LogP contribution in [0.3, 0.4) is 0 Å². The summed E-state index contributed by atoms with van der Waals surface area (Å²) in [6.07, 6.45) is 6.43. The summed E-state index contributed by atoms with van der Waals surface area (Å²) in [7, 11) is 0. The van der Waals surface area contributed by atoms with Gasteiger partial charge in [-0.15, -0.1) is 0 Å². The molecule has 2 aliphatic rings. The van der Waals surface area contributed by atoms with E-state index in [9.17, 15) is 0 Å². The average Bonchev–Trinajstić information content (AvgIpc) is 3.02. The van der Waals surface area contributed by atoms with Crippen molar-refractivity contribution >= 4 is 0 Å². The van der Waals surface area contributed by atoms with Gasteiger partial charge in [0.1, 0.15) is 11.9 Å². The summed E-state index contributed by atoms with van der Waals surface area (Å²) < 4.78 is 5.90. The van der Waals surface area contributed by atoms with Gasteiger partial charge in [0, 0.05) is 12.5 Å². The van der Waals surface area contributed by atoms with Gasteiger partial charge in [0.2, 0.25) is 0 Å². The molecule has 2 heteroatoms. The molecule has 3 rings (SSSR count). The molecule has 2 N–H and O–H groups in total. The lowest BCUT2D eigenvalue weighted by atomic mass is 10.0. The molecule has 1 aliphatic carbocycles. The van der Waals surface area contributed by atoms with Gasteiger partial charge in [0.15, 0.2) is 0 Å². The molecule has 1 saturated carbocycles. The number of hydrogen-bond acceptors (Lipinski definition) is 2. The number of rotatable bonds is 4. The largest absolute Gasteiger partial charge is 0.488 e. The van der Waals surface area contributed by atoms with Crippen LogP contribution in [0.4, 0.5) is 0 Å². The summed E-state index contributed by atoms with van der Waals surface area (Å²) in [6, 6.07) is 8.48. The van der Waals surface area contributed by atoms with Crippen molar-refractivity contribution in [3.05, 3.63) is 29.8 Å². The highest BCUT2D eigenvalue weighted by molar-refractivity contribution is 5.37. The Bertz CT molecular complexity index is 348. The summed E-state index contributed by atoms with van der Waals surface area (Å²) in [5, 5.41) is 0. The third-order valence-corrected chi connectivity index (χ3v) is 3.75. The molecular weight excluding hydrogens is 198 g/mol. The molecule has 1 fully saturated rings. The van der Waals surface area contributed by atoms with Gasteiger partial charge in [-0.2, -0.15) is 0 Å². The van der Waals surface area contributed by atoms with Crippen molar-refractivity contribution in [3.63, 3.8) is 0 Å². The topological polar surface area (TPSA) is 35.2 Å². The summed E-state index contributed by atoms with van der Waals surface area (Å²) >= 11 is 0. The van der Waals surface area contributed by atoms with Crippen LogP contribution in [0.25, 0.3) is 0 Å². The maximum absolute atomic E-state index is 6.21. The molecule has 0 aromatic heterocycles. The molecule has 1 heterocycles. The number of hydrogen-bond donors (Lipinski definition) is 1. The number of ether oxygens (including phenoxy) is 1. The van der Waals surface area contributed by atoms with Crippen molar-refractivity contribution in [2.45, 2.75) is 44.2 Å². The van der Waals surface area contributed by atoms with Crippen molar-refractivity contribution in [3.8, 4) is 5.75 Å². The Hall–Kier alpha value is -1.02. The third kappa shape index (κ3) is 2.07. The smallest absolute Gasteiger partial charge is 0.123 e. The van der Waals surface area contributed by atoms with E-state index in [1.165, 1.54) is 24.8 Å². The van der Waals surface area contributed by atoms with E-state index in [1.54, 1.807) is 0 Å². The molecule has 1 aliphatic heterocycles. The molecule has 0 saturated heterocycles. The fraction of sp³-hybridized carbons (Fsp3) is 0.571. The van der Waals surface area contributed by atoms with E-state index in [1.807, 2.05) is 12.1 Å². The van der Waals surface area contributed by atoms with Crippen LogP contribution in [0.5, 0.6) is 5.75 Å². The zero-order chi connectivity index (χ0) is 11.0. The lowest BCUT2D eigenvalue weighted by molar-refractivity contribution is 0.191. The first-order valence-electron chi connectivity index (χ1n) is 6.33. The zero-order valence-electron chi connectivity index (χ0n) is 9.56. The van der Waals surface area contributed by atoms with Crippen molar-refractivity contribution in [1.29, 1.82) is 0 Å². The normalized spacial score (nSPS) is 24.9. The Balaban J connectivity index is 1.57. The van der Waals surface area contributed by atoms with Crippen LogP contribution in [0.15, 0.2) is 24.3 Å². The Morgan fingerprint density at radius 3 is 2.88 bits per heavy atom. The van der Waals surface area contributed by atoms with Crippen LogP contribution in [0.2, 0.25) is 0 Å². The molecule has 16 heavy (non-hydrogen) atoms. The summed E-state index contributed by atoms with van der Waals surface area (Å²) in [4.78, 5) is 0. The van der Waals surface area contributed by atoms with Gasteiger partial charge in [0.05, 0.1) is 0 Å². The van der Waals surface area contributed by atoms with Gasteiger partial charge >= 0.3 is 0 Å². The monoisotopic (exact) mass is 217 g/mol. The second-order valence-corrected chi connectivity index (χ2v) is 5.15. The van der Waals surface area contributed by atoms with Gasteiger partial charge in [0.25, 0.3) is 0 Å². The standard InChI is InChI=1S/C14H19NO/c15-12(8-7-10-5-6-10)14-9-11-3-1-2-4-13(11)16-14/h1-4,10,12,14H,5-9,15H2. The van der Waals surface area contributed by atoms with Crippen LogP contribution in [-0.2, 0) is 6.42 Å². The first kappa shape index (κ1) is 10.2. The molecule has 0 bridgehead atoms. The lowest BCUT2D eigenvalue weighted by Gasteiger charge is -2.18. The van der Waals surface area contributed by atoms with Crippen molar-refractivity contribution in [2.75, 3.05) is 0 Å². The van der Waals surface area contributed by atoms with E-state index >= 15 is 0 Å². The SMILES string of the molecule is NC(CCC1CC1)C1Cc2ccccc2O1. The zero-order valence-corrected chi connectivity index (χ0v) is 9.56. The van der Waals surface area contributed by atoms with Crippen LogP contribution < -0.4 is 10.5 Å². The van der Waals surface area contributed by atoms with E-state index in [4.69, 9.17) is 10.5 Å². The molecular formula is C14H19NO. The van der Waals surface area contributed by atoms with Crippen LogP contribution in [0, 0.1) is 5.92 Å². The predicted octanol–water partition coefficient (Wildman–Crippen LogP) is 2.51. The molecule has 1 aromatic carbocycles. The molecule has 2 atom stereocenters. The van der Waals surface area contributed by atoms with E-state index in [0.29, 0.717) is 0 Å². The highest BCUT2D eigenvalue weighted by Crippen LogP contribution is 2.35. The number of nitrogens with two attached hydrogens (primary N) is 1. The maximum atomic E-state index is 6.21. The number of para-hydroxylation sites is 1. The highest BCUT2D eigenvalue weighted by atomic mass is 16.5. The first-order valence-corrected chi connectivity index (χ1v) is 6.33. The van der Waals surface area contributed by atoms with Crippen LogP contribution >= 0.6 is 0 Å². The lowest BCUT2D eigenvalue weighted by Crippen LogP contribution is -2.37. The minimum atomic E-state index is 0.202. The first-order chi connectivity index (χ1) is 7.83. The minimum absolute atomic E-state index is 0.202. The van der Waals surface area contributed by atoms with Gasteiger partial charge in [-0.25, -0.2) is 0 Å². The molecule has 0 radical (unpaired) electrons. The quantitative estimate of drug-likeness (QED) is 0.841. The van der Waals surface area contributed by atoms with Gasteiger partial charge in [-0.1, -0.05) is 31.0 Å². The Labute approximate surface area is 96.8 Å². The molecule has 0 amide bonds. The Morgan fingerprint density at radius 1 is 1.31 bits per heavy atom. The molecule has 1 aromatic rings. The molecule has 0 spiro atoms.